The maximum absolute atomic E-state index is 12.1. The maximum Gasteiger partial charge on any atom is 0.315 e. The average Bonchev–Trinajstić information content (AvgIpc) is 2.61. The molecule has 9 nitrogen and oxygen atoms in total. The van der Waals surface area contributed by atoms with Crippen LogP contribution in [-0.2, 0) is 4.79 Å². The van der Waals surface area contributed by atoms with E-state index in [1.54, 1.807) is 11.8 Å². The molecule has 11 heteroatoms. The molecule has 0 saturated heterocycles. The zero-order chi connectivity index (χ0) is 19.4. The molecule has 26 heavy (non-hydrogen) atoms. The number of aromatic nitrogens is 3. The van der Waals surface area contributed by atoms with Gasteiger partial charge in [0.25, 0.3) is 0 Å². The normalized spacial score (nSPS) is 10.3. The third kappa shape index (κ3) is 8.09. The number of nitrogens with zero attached hydrogens (tertiary/aromatic N) is 4. The number of rotatable bonds is 11. The third-order valence-corrected chi connectivity index (χ3v) is 4.52. The molecule has 0 aromatic carbocycles. The van der Waals surface area contributed by atoms with Crippen LogP contribution < -0.4 is 20.9 Å². The molecule has 146 valence electrons. The van der Waals surface area contributed by atoms with E-state index >= 15 is 0 Å². The van der Waals surface area contributed by atoms with E-state index in [0.29, 0.717) is 30.1 Å². The fourth-order valence-electron chi connectivity index (χ4n) is 1.90. The van der Waals surface area contributed by atoms with Crippen LogP contribution in [0.5, 0.6) is 0 Å². The van der Waals surface area contributed by atoms with Gasteiger partial charge in [-0.2, -0.15) is 26.7 Å². The first-order chi connectivity index (χ1) is 12.5. The van der Waals surface area contributed by atoms with Crippen molar-refractivity contribution in [3.05, 3.63) is 0 Å². The Bertz CT molecular complexity index is 585. The highest BCUT2D eigenvalue weighted by molar-refractivity contribution is 8.13. The Morgan fingerprint density at radius 2 is 1.81 bits per heavy atom. The minimum absolute atomic E-state index is 0.0986. The molecule has 0 atom stereocenters. The number of anilines is 2. The second-order valence-electron chi connectivity index (χ2n) is 5.02. The molecule has 3 N–H and O–H groups in total. The third-order valence-electron chi connectivity index (χ3n) is 3.17. The maximum atomic E-state index is 12.1. The van der Waals surface area contributed by atoms with Gasteiger partial charge < -0.3 is 20.9 Å². The number of carbonyl (C=O) groups is 2. The topological polar surface area (TPSA) is 112 Å². The fraction of sp³-hybridized carbons (Fsp3) is 0.667. The van der Waals surface area contributed by atoms with Gasteiger partial charge in [-0.15, -0.1) is 0 Å². The van der Waals surface area contributed by atoms with E-state index in [1.165, 1.54) is 0 Å². The van der Waals surface area contributed by atoms with Gasteiger partial charge in [0.15, 0.2) is 0 Å². The molecule has 0 bridgehead atoms. The molecule has 0 aliphatic carbocycles. The summed E-state index contributed by atoms with van der Waals surface area (Å²) in [5.74, 6) is 1.78. The summed E-state index contributed by atoms with van der Waals surface area (Å²) in [6.45, 7) is 8.59. The van der Waals surface area contributed by atoms with Crippen molar-refractivity contribution >= 4 is 46.6 Å². The molecule has 0 fully saturated rings. The monoisotopic (exact) mass is 401 g/mol. The molecule has 0 aliphatic rings. The summed E-state index contributed by atoms with van der Waals surface area (Å²) in [7, 11) is 0. The molecule has 1 rings (SSSR count). The molecule has 0 spiro atoms. The van der Waals surface area contributed by atoms with Crippen molar-refractivity contribution in [1.82, 2.24) is 25.6 Å². The van der Waals surface area contributed by atoms with Crippen LogP contribution in [0.4, 0.5) is 16.7 Å². The molecular formula is C15H27N7O2S2. The molecule has 0 unspecified atom stereocenters. The van der Waals surface area contributed by atoms with Crippen molar-refractivity contribution in [2.45, 2.75) is 25.9 Å². The lowest BCUT2D eigenvalue weighted by Crippen LogP contribution is -2.38. The second kappa shape index (κ2) is 12.6. The SMILES string of the molecule is CCNc1nc(SC(=O)CNC(=O)NCCSC)nc(N(CC)CC)n1. The number of thioether (sulfide) groups is 2. The number of nitrogens with one attached hydrogen (secondary N) is 3. The molecular weight excluding hydrogens is 374 g/mol. The van der Waals surface area contributed by atoms with Crippen molar-refractivity contribution in [3.8, 4) is 0 Å². The molecule has 1 aromatic rings. The minimum Gasteiger partial charge on any atom is -0.354 e. The van der Waals surface area contributed by atoms with Crippen molar-refractivity contribution in [2.75, 3.05) is 54.9 Å². The van der Waals surface area contributed by atoms with Crippen LogP contribution in [-0.4, -0.2) is 70.8 Å². The first-order valence-corrected chi connectivity index (χ1v) is 10.7. The van der Waals surface area contributed by atoms with E-state index in [0.717, 1.165) is 30.6 Å². The van der Waals surface area contributed by atoms with Gasteiger partial charge in [0.2, 0.25) is 22.2 Å². The number of carbonyl (C=O) groups excluding carboxylic acids is 2. The summed E-state index contributed by atoms with van der Waals surface area (Å²) in [5.41, 5.74) is 0. The van der Waals surface area contributed by atoms with E-state index in [1.807, 2.05) is 31.9 Å². The first kappa shape index (κ1) is 22.3. The highest BCUT2D eigenvalue weighted by atomic mass is 32.2. The van der Waals surface area contributed by atoms with Gasteiger partial charge in [0.05, 0.1) is 6.54 Å². The largest absolute Gasteiger partial charge is 0.354 e. The Balaban J connectivity index is 2.69. The van der Waals surface area contributed by atoms with E-state index in [-0.39, 0.29) is 17.7 Å². The van der Waals surface area contributed by atoms with Crippen LogP contribution in [0.1, 0.15) is 20.8 Å². The van der Waals surface area contributed by atoms with Crippen molar-refractivity contribution in [3.63, 3.8) is 0 Å². The molecule has 1 aromatic heterocycles. The molecule has 0 aliphatic heterocycles. The lowest BCUT2D eigenvalue weighted by molar-refractivity contribution is -0.110. The smallest absolute Gasteiger partial charge is 0.315 e. The summed E-state index contributed by atoms with van der Waals surface area (Å²) in [5, 5.41) is 8.33. The molecule has 1 heterocycles. The van der Waals surface area contributed by atoms with E-state index in [9.17, 15) is 9.59 Å². The van der Waals surface area contributed by atoms with Crippen molar-refractivity contribution < 1.29 is 9.59 Å². The zero-order valence-electron chi connectivity index (χ0n) is 15.7. The Morgan fingerprint density at radius 1 is 1.08 bits per heavy atom. The summed E-state index contributed by atoms with van der Waals surface area (Å²) < 4.78 is 0. The first-order valence-electron chi connectivity index (χ1n) is 8.50. The minimum atomic E-state index is -0.360. The molecule has 0 radical (unpaired) electrons. The summed E-state index contributed by atoms with van der Waals surface area (Å²) in [6.07, 6.45) is 1.96. The highest BCUT2D eigenvalue weighted by Crippen LogP contribution is 2.19. The summed E-state index contributed by atoms with van der Waals surface area (Å²) in [4.78, 5) is 38.7. The highest BCUT2D eigenvalue weighted by Gasteiger charge is 2.15. The van der Waals surface area contributed by atoms with E-state index in [4.69, 9.17) is 0 Å². The predicted octanol–water partition coefficient (Wildman–Crippen LogP) is 1.43. The summed E-state index contributed by atoms with van der Waals surface area (Å²) in [6, 6.07) is -0.360. The lowest BCUT2D eigenvalue weighted by atomic mass is 10.5. The second-order valence-corrected chi connectivity index (χ2v) is 7.03. The van der Waals surface area contributed by atoms with Crippen LogP contribution in [0, 0.1) is 0 Å². The van der Waals surface area contributed by atoms with E-state index in [2.05, 4.69) is 30.9 Å². The van der Waals surface area contributed by atoms with Gasteiger partial charge in [-0.1, -0.05) is 0 Å². The Labute approximate surface area is 162 Å². The van der Waals surface area contributed by atoms with Gasteiger partial charge in [-0.3, -0.25) is 4.79 Å². The predicted molar refractivity (Wildman–Crippen MR) is 108 cm³/mol. The van der Waals surface area contributed by atoms with Gasteiger partial charge in [0, 0.05) is 31.9 Å². The van der Waals surface area contributed by atoms with E-state index < -0.39 is 0 Å². The van der Waals surface area contributed by atoms with Crippen molar-refractivity contribution in [2.24, 2.45) is 0 Å². The average molecular weight is 402 g/mol. The Morgan fingerprint density at radius 3 is 2.42 bits per heavy atom. The Hall–Kier alpha value is -1.75. The Kier molecular flexibility index (Phi) is 10.8. The van der Waals surface area contributed by atoms with Crippen LogP contribution in [0.3, 0.4) is 0 Å². The lowest BCUT2D eigenvalue weighted by Gasteiger charge is -2.19. The van der Waals surface area contributed by atoms with Crippen LogP contribution in [0.25, 0.3) is 0 Å². The van der Waals surface area contributed by atoms with Gasteiger partial charge in [-0.05, 0) is 38.8 Å². The van der Waals surface area contributed by atoms with Crippen molar-refractivity contribution in [1.29, 1.82) is 0 Å². The van der Waals surface area contributed by atoms with Gasteiger partial charge >= 0.3 is 6.03 Å². The number of hydrogen-bond donors (Lipinski definition) is 3. The number of urea groups is 1. The quantitative estimate of drug-likeness (QED) is 0.374. The molecule has 2 amide bonds. The van der Waals surface area contributed by atoms with Gasteiger partial charge in [-0.25, -0.2) is 4.79 Å². The fourth-order valence-corrected chi connectivity index (χ4v) is 2.81. The standard InChI is InChI=1S/C15H27N7O2S2/c1-5-16-12-19-13(22(6-2)7-3)21-15(20-12)26-11(23)10-18-14(24)17-8-9-25-4/h5-10H2,1-4H3,(H2,17,18,24)(H,16,19,20,21). The number of hydrogen-bond acceptors (Lipinski definition) is 9. The van der Waals surface area contributed by atoms with Gasteiger partial charge in [0.1, 0.15) is 0 Å². The zero-order valence-corrected chi connectivity index (χ0v) is 17.3. The van der Waals surface area contributed by atoms with Crippen LogP contribution >= 0.6 is 23.5 Å². The summed E-state index contributed by atoms with van der Waals surface area (Å²) >= 11 is 2.53. The molecule has 0 saturated carbocycles. The van der Waals surface area contributed by atoms with Crippen LogP contribution in [0.15, 0.2) is 5.16 Å². The van der Waals surface area contributed by atoms with Crippen LogP contribution in [0.2, 0.25) is 0 Å². The number of amides is 2.